The number of aryl methyl sites for hydroxylation is 1. The van der Waals surface area contributed by atoms with E-state index in [0.29, 0.717) is 35.2 Å². The first kappa shape index (κ1) is 23.9. The van der Waals surface area contributed by atoms with Crippen LogP contribution in [0.2, 0.25) is 0 Å². The Morgan fingerprint density at radius 1 is 0.914 bits per heavy atom. The molecule has 0 unspecified atom stereocenters. The van der Waals surface area contributed by atoms with Gasteiger partial charge >= 0.3 is 0 Å². The molecule has 1 heterocycles. The van der Waals surface area contributed by atoms with Crippen LogP contribution in [0.25, 0.3) is 11.1 Å². The van der Waals surface area contributed by atoms with Gasteiger partial charge in [-0.2, -0.15) is 5.26 Å². The molecule has 0 spiro atoms. The molecule has 7 heteroatoms. The average Bonchev–Trinajstić information content (AvgIpc) is 2.89. The maximum atomic E-state index is 13.2. The normalized spacial score (nSPS) is 10.9. The Morgan fingerprint density at radius 3 is 2.46 bits per heavy atom. The van der Waals surface area contributed by atoms with Crippen LogP contribution < -0.4 is 4.72 Å². The fraction of sp³-hybridized carbons (Fsp3) is 0.107. The van der Waals surface area contributed by atoms with Crippen LogP contribution in [0.3, 0.4) is 0 Å². The van der Waals surface area contributed by atoms with E-state index in [9.17, 15) is 18.5 Å². The number of sulfonamides is 1. The van der Waals surface area contributed by atoms with Crippen molar-refractivity contribution in [1.29, 1.82) is 5.26 Å². The molecule has 0 bridgehead atoms. The number of aromatic nitrogens is 1. The highest BCUT2D eigenvalue weighted by Gasteiger charge is 2.19. The number of pyridine rings is 1. The summed E-state index contributed by atoms with van der Waals surface area (Å²) >= 11 is 0. The topological polar surface area (TPSA) is 99.9 Å². The van der Waals surface area contributed by atoms with Crippen molar-refractivity contribution in [1.82, 2.24) is 4.98 Å². The largest absolute Gasteiger partial charge is 0.299 e. The number of nitrogens with one attached hydrogen (secondary N) is 1. The fourth-order valence-electron chi connectivity index (χ4n) is 3.74. The molecule has 0 atom stereocenters. The SMILES string of the molecule is N#Cc1cccc(-c2ccccc2S(=O)(=O)Nc2ccc(CC(=O)CCc3cccnc3)cc2)c1. The minimum Gasteiger partial charge on any atom is -0.299 e. The van der Waals surface area contributed by atoms with Gasteiger partial charge < -0.3 is 0 Å². The molecule has 0 radical (unpaired) electrons. The molecule has 3 aromatic carbocycles. The molecule has 1 N–H and O–H groups in total. The van der Waals surface area contributed by atoms with Gasteiger partial charge in [0.15, 0.2) is 0 Å². The number of hydrogen-bond acceptors (Lipinski definition) is 5. The summed E-state index contributed by atoms with van der Waals surface area (Å²) in [6.45, 7) is 0. The second kappa shape index (κ2) is 10.8. The molecule has 0 fully saturated rings. The molecular weight excluding hydrogens is 458 g/mol. The fourth-order valence-corrected chi connectivity index (χ4v) is 5.03. The maximum absolute atomic E-state index is 13.2. The molecule has 6 nitrogen and oxygen atoms in total. The molecule has 4 rings (SSSR count). The van der Waals surface area contributed by atoms with Gasteiger partial charge in [0.25, 0.3) is 10.0 Å². The van der Waals surface area contributed by atoms with Gasteiger partial charge in [0, 0.05) is 36.5 Å². The quantitative estimate of drug-likeness (QED) is 0.356. The number of carbonyl (C=O) groups is 1. The van der Waals surface area contributed by atoms with Crippen LogP contribution in [-0.2, 0) is 27.7 Å². The number of rotatable bonds is 9. The summed E-state index contributed by atoms with van der Waals surface area (Å²) in [4.78, 5) is 16.5. The van der Waals surface area contributed by atoms with Gasteiger partial charge in [-0.3, -0.25) is 14.5 Å². The van der Waals surface area contributed by atoms with E-state index in [1.807, 2.05) is 12.1 Å². The number of benzene rings is 3. The van der Waals surface area contributed by atoms with Gasteiger partial charge in [0.2, 0.25) is 0 Å². The first-order valence-corrected chi connectivity index (χ1v) is 12.5. The predicted molar refractivity (Wildman–Crippen MR) is 135 cm³/mol. The van der Waals surface area contributed by atoms with Crippen molar-refractivity contribution in [3.63, 3.8) is 0 Å². The Balaban J connectivity index is 1.45. The zero-order valence-corrected chi connectivity index (χ0v) is 19.7. The number of hydrogen-bond donors (Lipinski definition) is 1. The van der Waals surface area contributed by atoms with Crippen LogP contribution in [-0.4, -0.2) is 19.2 Å². The number of Topliss-reactive ketones (excluding diaryl/α,β-unsaturated/α-hetero) is 1. The van der Waals surface area contributed by atoms with E-state index in [1.165, 1.54) is 6.07 Å². The molecule has 4 aromatic rings. The highest BCUT2D eigenvalue weighted by atomic mass is 32.2. The average molecular weight is 482 g/mol. The monoisotopic (exact) mass is 481 g/mol. The lowest BCUT2D eigenvalue weighted by Gasteiger charge is -2.13. The minimum atomic E-state index is -3.89. The maximum Gasteiger partial charge on any atom is 0.262 e. The summed E-state index contributed by atoms with van der Waals surface area (Å²) in [6, 6.07) is 26.2. The van der Waals surface area contributed by atoms with E-state index in [2.05, 4.69) is 15.8 Å². The van der Waals surface area contributed by atoms with Crippen molar-refractivity contribution in [3.05, 3.63) is 114 Å². The smallest absolute Gasteiger partial charge is 0.262 e. The Hall–Kier alpha value is -4.28. The minimum absolute atomic E-state index is 0.107. The molecule has 0 aliphatic rings. The molecule has 174 valence electrons. The lowest BCUT2D eigenvalue weighted by Crippen LogP contribution is -2.14. The zero-order valence-electron chi connectivity index (χ0n) is 18.9. The summed E-state index contributed by atoms with van der Waals surface area (Å²) < 4.78 is 29.0. The summed E-state index contributed by atoms with van der Waals surface area (Å²) in [7, 11) is -3.89. The summed E-state index contributed by atoms with van der Waals surface area (Å²) in [5.41, 5.74) is 3.84. The third kappa shape index (κ3) is 6.19. The van der Waals surface area contributed by atoms with Gasteiger partial charge in [-0.25, -0.2) is 8.42 Å². The van der Waals surface area contributed by atoms with Crippen molar-refractivity contribution in [2.75, 3.05) is 4.72 Å². The second-order valence-electron chi connectivity index (χ2n) is 8.07. The van der Waals surface area contributed by atoms with Crippen molar-refractivity contribution in [2.45, 2.75) is 24.2 Å². The Morgan fingerprint density at radius 2 is 1.71 bits per heavy atom. The Labute approximate surface area is 205 Å². The molecule has 1 aromatic heterocycles. The Bertz CT molecular complexity index is 1480. The van der Waals surface area contributed by atoms with Crippen LogP contribution in [0.4, 0.5) is 5.69 Å². The van der Waals surface area contributed by atoms with Crippen LogP contribution in [0, 0.1) is 11.3 Å². The molecule has 0 aliphatic carbocycles. The van der Waals surface area contributed by atoms with E-state index in [1.54, 1.807) is 79.1 Å². The number of nitrogens with zero attached hydrogens (tertiary/aromatic N) is 2. The summed E-state index contributed by atoms with van der Waals surface area (Å²) in [5, 5.41) is 9.19. The zero-order chi connectivity index (χ0) is 24.7. The molecule has 0 amide bonds. The van der Waals surface area contributed by atoms with Crippen LogP contribution in [0.5, 0.6) is 0 Å². The van der Waals surface area contributed by atoms with Gasteiger partial charge in [-0.05, 0) is 59.5 Å². The van der Waals surface area contributed by atoms with E-state index in [0.717, 1.165) is 11.1 Å². The van der Waals surface area contributed by atoms with Gasteiger partial charge in [0.1, 0.15) is 5.78 Å². The standard InChI is InChI=1S/C28H23N3O3S/c29-19-23-5-3-7-24(17-23)27-8-1-2-9-28(27)35(33,34)31-25-13-10-21(11-14-25)18-26(32)15-12-22-6-4-16-30-20-22/h1-11,13-14,16-17,20,31H,12,15,18H2. The summed E-state index contributed by atoms with van der Waals surface area (Å²) in [5.74, 6) is 0.107. The van der Waals surface area contributed by atoms with Gasteiger partial charge in [-0.1, -0.05) is 48.5 Å². The third-order valence-corrected chi connectivity index (χ3v) is 6.94. The van der Waals surface area contributed by atoms with Crippen LogP contribution in [0.15, 0.2) is 102 Å². The van der Waals surface area contributed by atoms with Crippen molar-refractivity contribution >= 4 is 21.5 Å². The van der Waals surface area contributed by atoms with Gasteiger partial charge in [0.05, 0.1) is 16.5 Å². The number of carbonyl (C=O) groups excluding carboxylic acids is 1. The first-order chi connectivity index (χ1) is 16.9. The second-order valence-corrected chi connectivity index (χ2v) is 9.72. The molecule has 0 saturated heterocycles. The van der Waals surface area contributed by atoms with Crippen molar-refractivity contribution < 1.29 is 13.2 Å². The lowest BCUT2D eigenvalue weighted by atomic mass is 10.0. The highest BCUT2D eigenvalue weighted by molar-refractivity contribution is 7.92. The number of anilines is 1. The Kier molecular flexibility index (Phi) is 7.34. The molecule has 0 aliphatic heterocycles. The first-order valence-electron chi connectivity index (χ1n) is 11.1. The van der Waals surface area contributed by atoms with E-state index in [4.69, 9.17) is 0 Å². The van der Waals surface area contributed by atoms with Crippen LogP contribution >= 0.6 is 0 Å². The molecule has 35 heavy (non-hydrogen) atoms. The van der Waals surface area contributed by atoms with E-state index in [-0.39, 0.29) is 17.1 Å². The molecular formula is C28H23N3O3S. The van der Waals surface area contributed by atoms with E-state index < -0.39 is 10.0 Å². The third-order valence-electron chi connectivity index (χ3n) is 5.50. The van der Waals surface area contributed by atoms with E-state index >= 15 is 0 Å². The number of nitriles is 1. The van der Waals surface area contributed by atoms with Crippen LogP contribution in [0.1, 0.15) is 23.1 Å². The molecule has 0 saturated carbocycles. The lowest BCUT2D eigenvalue weighted by molar-refractivity contribution is -0.118. The summed E-state index contributed by atoms with van der Waals surface area (Å²) in [6.07, 6.45) is 4.80. The van der Waals surface area contributed by atoms with Crippen molar-refractivity contribution in [2.24, 2.45) is 0 Å². The predicted octanol–water partition coefficient (Wildman–Crippen LogP) is 5.17. The highest BCUT2D eigenvalue weighted by Crippen LogP contribution is 2.29. The number of ketones is 1. The van der Waals surface area contributed by atoms with Gasteiger partial charge in [-0.15, -0.1) is 0 Å². The van der Waals surface area contributed by atoms with Crippen molar-refractivity contribution in [3.8, 4) is 17.2 Å².